The molecule has 2 rings (SSSR count). The van der Waals surface area contributed by atoms with E-state index in [2.05, 4.69) is 0 Å². The maximum absolute atomic E-state index is 13.9. The summed E-state index contributed by atoms with van der Waals surface area (Å²) in [5, 5.41) is 9.08. The summed E-state index contributed by atoms with van der Waals surface area (Å²) in [6, 6.07) is 12.6. The number of carboxylic acids is 1. The Bertz CT molecular complexity index is 688. The topological polar surface area (TPSA) is 66.8 Å². The highest BCUT2D eigenvalue weighted by molar-refractivity contribution is 5.99. The van der Waals surface area contributed by atoms with Gasteiger partial charge in [-0.05, 0) is 17.7 Å². The molecule has 22 heavy (non-hydrogen) atoms. The SMILES string of the molecule is CN(C(=O)OCc1ccccc1)c1c(F)cccc1C(=O)O. The third-order valence-corrected chi connectivity index (χ3v) is 3.03. The first-order valence-electron chi connectivity index (χ1n) is 6.47. The molecule has 0 saturated heterocycles. The number of carbonyl (C=O) groups is 2. The van der Waals surface area contributed by atoms with E-state index in [4.69, 9.17) is 9.84 Å². The normalized spacial score (nSPS) is 10.1. The lowest BCUT2D eigenvalue weighted by molar-refractivity contribution is 0.0697. The zero-order valence-corrected chi connectivity index (χ0v) is 11.8. The van der Waals surface area contributed by atoms with Crippen LogP contribution in [0.1, 0.15) is 15.9 Å². The molecular formula is C16H14FNO4. The van der Waals surface area contributed by atoms with Crippen LogP contribution in [-0.2, 0) is 11.3 Å². The van der Waals surface area contributed by atoms with Gasteiger partial charge in [0, 0.05) is 7.05 Å². The lowest BCUT2D eigenvalue weighted by atomic mass is 10.1. The van der Waals surface area contributed by atoms with Crippen molar-refractivity contribution < 1.29 is 23.8 Å². The molecule has 0 unspecified atom stereocenters. The van der Waals surface area contributed by atoms with Gasteiger partial charge in [0.25, 0.3) is 0 Å². The third kappa shape index (κ3) is 3.41. The van der Waals surface area contributed by atoms with Crippen LogP contribution in [0.3, 0.4) is 0 Å². The second-order valence-electron chi connectivity index (χ2n) is 4.54. The summed E-state index contributed by atoms with van der Waals surface area (Å²) in [7, 11) is 1.26. The molecule has 1 amide bonds. The lowest BCUT2D eigenvalue weighted by Crippen LogP contribution is -2.29. The number of carbonyl (C=O) groups excluding carboxylic acids is 1. The Hall–Kier alpha value is -2.89. The number of nitrogens with zero attached hydrogens (tertiary/aromatic N) is 1. The van der Waals surface area contributed by atoms with Crippen molar-refractivity contribution in [3.05, 3.63) is 65.5 Å². The molecule has 0 aromatic heterocycles. The van der Waals surface area contributed by atoms with Crippen LogP contribution < -0.4 is 4.90 Å². The van der Waals surface area contributed by atoms with Gasteiger partial charge >= 0.3 is 12.1 Å². The Balaban J connectivity index is 2.16. The van der Waals surface area contributed by atoms with Crippen molar-refractivity contribution >= 4 is 17.7 Å². The van der Waals surface area contributed by atoms with Gasteiger partial charge in [-0.25, -0.2) is 14.0 Å². The summed E-state index contributed by atoms with van der Waals surface area (Å²) in [5.41, 5.74) is 0.142. The fourth-order valence-electron chi connectivity index (χ4n) is 1.94. The molecule has 1 N–H and O–H groups in total. The van der Waals surface area contributed by atoms with Gasteiger partial charge in [-0.3, -0.25) is 4.90 Å². The predicted molar refractivity (Wildman–Crippen MR) is 78.4 cm³/mol. The van der Waals surface area contributed by atoms with Gasteiger partial charge in [-0.2, -0.15) is 0 Å². The summed E-state index contributed by atoms with van der Waals surface area (Å²) in [6.07, 6.45) is -0.837. The van der Waals surface area contributed by atoms with Crippen LogP contribution >= 0.6 is 0 Å². The molecule has 0 heterocycles. The molecule has 5 nitrogen and oxygen atoms in total. The number of anilines is 1. The smallest absolute Gasteiger partial charge is 0.414 e. The van der Waals surface area contributed by atoms with Gasteiger partial charge in [0.1, 0.15) is 12.4 Å². The molecule has 6 heteroatoms. The average Bonchev–Trinajstić information content (AvgIpc) is 2.52. The first-order chi connectivity index (χ1) is 10.5. The number of halogens is 1. The van der Waals surface area contributed by atoms with Crippen LogP contribution in [0.5, 0.6) is 0 Å². The molecule has 0 aliphatic heterocycles. The van der Waals surface area contributed by atoms with Gasteiger partial charge in [-0.1, -0.05) is 36.4 Å². The summed E-state index contributed by atoms with van der Waals surface area (Å²) in [4.78, 5) is 24.0. The highest BCUT2D eigenvalue weighted by Crippen LogP contribution is 2.24. The molecule has 0 saturated carbocycles. The molecule has 0 fully saturated rings. The van der Waals surface area contributed by atoms with Crippen LogP contribution in [0.25, 0.3) is 0 Å². The summed E-state index contributed by atoms with van der Waals surface area (Å²) in [6.45, 7) is 0.0148. The molecule has 0 aliphatic carbocycles. The number of amides is 1. The van der Waals surface area contributed by atoms with Gasteiger partial charge in [0.05, 0.1) is 11.3 Å². The van der Waals surface area contributed by atoms with Crippen LogP contribution in [0.2, 0.25) is 0 Å². The number of hydrogen-bond donors (Lipinski definition) is 1. The first-order valence-corrected chi connectivity index (χ1v) is 6.47. The van der Waals surface area contributed by atoms with Gasteiger partial charge < -0.3 is 9.84 Å². The second kappa shape index (κ2) is 6.71. The maximum atomic E-state index is 13.9. The van der Waals surface area contributed by atoms with E-state index in [1.807, 2.05) is 6.07 Å². The minimum absolute atomic E-state index is 0.0148. The number of ether oxygens (including phenoxy) is 1. The number of carboxylic acid groups (broad SMARTS) is 1. The molecule has 0 atom stereocenters. The zero-order valence-electron chi connectivity index (χ0n) is 11.8. The lowest BCUT2D eigenvalue weighted by Gasteiger charge is -2.19. The Morgan fingerprint density at radius 2 is 1.82 bits per heavy atom. The highest BCUT2D eigenvalue weighted by Gasteiger charge is 2.23. The number of aromatic carboxylic acids is 1. The Morgan fingerprint density at radius 3 is 2.45 bits per heavy atom. The largest absolute Gasteiger partial charge is 0.478 e. The van der Waals surface area contributed by atoms with E-state index in [-0.39, 0.29) is 17.9 Å². The van der Waals surface area contributed by atoms with Crippen molar-refractivity contribution in [1.29, 1.82) is 0 Å². The number of rotatable bonds is 4. The minimum atomic E-state index is -1.32. The Morgan fingerprint density at radius 1 is 1.14 bits per heavy atom. The van der Waals surface area contributed by atoms with Crippen LogP contribution in [0.15, 0.2) is 48.5 Å². The average molecular weight is 303 g/mol. The van der Waals surface area contributed by atoms with E-state index in [0.29, 0.717) is 0 Å². The van der Waals surface area contributed by atoms with E-state index < -0.39 is 17.9 Å². The van der Waals surface area contributed by atoms with Crippen molar-refractivity contribution in [2.24, 2.45) is 0 Å². The van der Waals surface area contributed by atoms with Crippen molar-refractivity contribution in [1.82, 2.24) is 0 Å². The molecule has 0 spiro atoms. The molecule has 2 aromatic rings. The van der Waals surface area contributed by atoms with Gasteiger partial charge in [0.15, 0.2) is 0 Å². The number of para-hydroxylation sites is 1. The van der Waals surface area contributed by atoms with Gasteiger partial charge in [0.2, 0.25) is 0 Å². The zero-order chi connectivity index (χ0) is 16.1. The summed E-state index contributed by atoms with van der Waals surface area (Å²) in [5.74, 6) is -2.13. The van der Waals surface area contributed by atoms with Crippen molar-refractivity contribution in [2.75, 3.05) is 11.9 Å². The minimum Gasteiger partial charge on any atom is -0.478 e. The summed E-state index contributed by atoms with van der Waals surface area (Å²) < 4.78 is 18.9. The molecule has 0 bridgehead atoms. The van der Waals surface area contributed by atoms with Crippen LogP contribution in [0, 0.1) is 5.82 Å². The Kier molecular flexibility index (Phi) is 4.73. The molecule has 0 aliphatic rings. The predicted octanol–water partition coefficient (Wildman–Crippen LogP) is 3.30. The van der Waals surface area contributed by atoms with E-state index in [9.17, 15) is 14.0 Å². The van der Waals surface area contributed by atoms with Crippen molar-refractivity contribution in [3.63, 3.8) is 0 Å². The van der Waals surface area contributed by atoms with Crippen LogP contribution in [-0.4, -0.2) is 24.2 Å². The monoisotopic (exact) mass is 303 g/mol. The molecular weight excluding hydrogens is 289 g/mol. The van der Waals surface area contributed by atoms with Crippen LogP contribution in [0.4, 0.5) is 14.9 Å². The van der Waals surface area contributed by atoms with Gasteiger partial charge in [-0.15, -0.1) is 0 Å². The quantitative estimate of drug-likeness (QED) is 0.941. The van der Waals surface area contributed by atoms with E-state index in [1.165, 1.54) is 19.2 Å². The standard InChI is InChI=1S/C16H14FNO4/c1-18(14-12(15(19)20)8-5-9-13(14)17)16(21)22-10-11-6-3-2-4-7-11/h2-9H,10H2,1H3,(H,19,20). The maximum Gasteiger partial charge on any atom is 0.414 e. The van der Waals surface area contributed by atoms with E-state index in [0.717, 1.165) is 16.5 Å². The number of benzene rings is 2. The second-order valence-corrected chi connectivity index (χ2v) is 4.54. The first kappa shape index (κ1) is 15.5. The van der Waals surface area contributed by atoms with Crippen molar-refractivity contribution in [3.8, 4) is 0 Å². The fraction of sp³-hybridized carbons (Fsp3) is 0.125. The molecule has 0 radical (unpaired) electrons. The van der Waals surface area contributed by atoms with E-state index >= 15 is 0 Å². The third-order valence-electron chi connectivity index (χ3n) is 3.03. The summed E-state index contributed by atoms with van der Waals surface area (Å²) >= 11 is 0. The Labute approximate surface area is 126 Å². The number of hydrogen-bond acceptors (Lipinski definition) is 3. The van der Waals surface area contributed by atoms with E-state index in [1.54, 1.807) is 24.3 Å². The molecule has 114 valence electrons. The molecule has 2 aromatic carbocycles. The fourth-order valence-corrected chi connectivity index (χ4v) is 1.94. The highest BCUT2D eigenvalue weighted by atomic mass is 19.1. The van der Waals surface area contributed by atoms with Crippen molar-refractivity contribution in [2.45, 2.75) is 6.61 Å².